The van der Waals surface area contributed by atoms with Gasteiger partial charge in [0.1, 0.15) is 23.9 Å². The highest BCUT2D eigenvalue weighted by Crippen LogP contribution is 2.28. The van der Waals surface area contributed by atoms with Gasteiger partial charge in [-0.15, -0.1) is 0 Å². The Balaban J connectivity index is 1.78. The van der Waals surface area contributed by atoms with Crippen molar-refractivity contribution in [2.24, 2.45) is 0 Å². The Morgan fingerprint density at radius 2 is 1.73 bits per heavy atom. The Labute approximate surface area is 188 Å². The summed E-state index contributed by atoms with van der Waals surface area (Å²) in [5.74, 6) is 0.275. The summed E-state index contributed by atoms with van der Waals surface area (Å²) in [5.41, 5.74) is 1.86. The molecule has 3 aromatic rings. The van der Waals surface area contributed by atoms with E-state index >= 15 is 0 Å². The van der Waals surface area contributed by atoms with Crippen LogP contribution >= 0.6 is 34.8 Å². The van der Waals surface area contributed by atoms with E-state index in [2.05, 4.69) is 0 Å². The zero-order valence-electron chi connectivity index (χ0n) is 15.8. The second-order valence-electron chi connectivity index (χ2n) is 6.26. The minimum absolute atomic E-state index is 0.146. The molecule has 0 amide bonds. The first kappa shape index (κ1) is 22.2. The number of methoxy groups -OCH3 is 1. The molecule has 0 spiro atoms. The molecule has 3 aromatic carbocycles. The average molecular weight is 466 g/mol. The molecule has 0 saturated heterocycles. The van der Waals surface area contributed by atoms with Gasteiger partial charge in [0.25, 0.3) is 0 Å². The average Bonchev–Trinajstić information content (AvgIpc) is 2.71. The Morgan fingerprint density at radius 3 is 2.43 bits per heavy atom. The lowest BCUT2D eigenvalue weighted by Gasteiger charge is -2.12. The van der Waals surface area contributed by atoms with E-state index in [-0.39, 0.29) is 22.4 Å². The minimum Gasteiger partial charge on any atom is -0.496 e. The monoisotopic (exact) mass is 464 g/mol. The van der Waals surface area contributed by atoms with E-state index < -0.39 is 5.82 Å². The van der Waals surface area contributed by atoms with Gasteiger partial charge >= 0.3 is 0 Å². The van der Waals surface area contributed by atoms with Crippen LogP contribution < -0.4 is 9.47 Å². The molecule has 0 aliphatic heterocycles. The third kappa shape index (κ3) is 5.54. The van der Waals surface area contributed by atoms with Crippen molar-refractivity contribution < 1.29 is 18.7 Å². The summed E-state index contributed by atoms with van der Waals surface area (Å²) in [6, 6.07) is 14.0. The molecule has 3 nitrogen and oxygen atoms in total. The highest BCUT2D eigenvalue weighted by Gasteiger charge is 2.10. The zero-order chi connectivity index (χ0) is 21.7. The highest BCUT2D eigenvalue weighted by molar-refractivity contribution is 6.37. The quantitative estimate of drug-likeness (QED) is 0.272. The number of ketones is 1. The van der Waals surface area contributed by atoms with Crippen molar-refractivity contribution in [1.29, 1.82) is 0 Å². The lowest BCUT2D eigenvalue weighted by molar-refractivity contribution is 0.104. The van der Waals surface area contributed by atoms with Gasteiger partial charge < -0.3 is 9.47 Å². The molecule has 0 saturated carbocycles. The van der Waals surface area contributed by atoms with Gasteiger partial charge in [0.2, 0.25) is 0 Å². The van der Waals surface area contributed by atoms with Crippen molar-refractivity contribution in [2.75, 3.05) is 7.11 Å². The number of benzene rings is 3. The summed E-state index contributed by atoms with van der Waals surface area (Å²) in [5, 5.41) is 0.925. The molecular weight excluding hydrogens is 450 g/mol. The van der Waals surface area contributed by atoms with Crippen LogP contribution in [-0.2, 0) is 6.61 Å². The predicted molar refractivity (Wildman–Crippen MR) is 119 cm³/mol. The molecule has 0 N–H and O–H groups in total. The van der Waals surface area contributed by atoms with Gasteiger partial charge in [0.05, 0.1) is 17.2 Å². The normalized spacial score (nSPS) is 11.0. The summed E-state index contributed by atoms with van der Waals surface area (Å²) < 4.78 is 24.3. The first-order valence-corrected chi connectivity index (χ1v) is 9.93. The van der Waals surface area contributed by atoms with Crippen LogP contribution in [0.25, 0.3) is 6.08 Å². The Bertz CT molecular complexity index is 1110. The van der Waals surface area contributed by atoms with Crippen molar-refractivity contribution >= 4 is 46.7 Å². The minimum atomic E-state index is -0.442. The first-order chi connectivity index (χ1) is 14.4. The summed E-state index contributed by atoms with van der Waals surface area (Å²) >= 11 is 18.0. The molecule has 0 aliphatic rings. The van der Waals surface area contributed by atoms with Crippen LogP contribution in [0, 0.1) is 5.82 Å². The SMILES string of the molecule is COc1ccc(/C=C/C(=O)c2ccc(Cl)cc2Cl)cc1COc1ccc(F)cc1Cl. The van der Waals surface area contributed by atoms with Crippen molar-refractivity contribution in [3.8, 4) is 11.5 Å². The number of ether oxygens (including phenoxy) is 2. The number of halogens is 4. The molecule has 7 heteroatoms. The third-order valence-corrected chi connectivity index (χ3v) is 5.05. The lowest BCUT2D eigenvalue weighted by atomic mass is 10.1. The molecular formula is C23H16Cl3FO3. The van der Waals surface area contributed by atoms with Crippen LogP contribution in [0.1, 0.15) is 21.5 Å². The van der Waals surface area contributed by atoms with Crippen molar-refractivity contribution in [1.82, 2.24) is 0 Å². The van der Waals surface area contributed by atoms with Crippen molar-refractivity contribution in [3.63, 3.8) is 0 Å². The van der Waals surface area contributed by atoms with Crippen molar-refractivity contribution in [2.45, 2.75) is 6.61 Å². The fourth-order valence-electron chi connectivity index (χ4n) is 2.71. The van der Waals surface area contributed by atoms with Crippen LogP contribution in [0.2, 0.25) is 15.1 Å². The summed E-state index contributed by atoms with van der Waals surface area (Å²) in [7, 11) is 1.55. The molecule has 0 unspecified atom stereocenters. The number of carbonyl (C=O) groups is 1. The molecule has 0 atom stereocenters. The molecule has 0 fully saturated rings. The maximum absolute atomic E-state index is 13.2. The topological polar surface area (TPSA) is 35.5 Å². The number of rotatable bonds is 7. The Hall–Kier alpha value is -2.53. The van der Waals surface area contributed by atoms with E-state index in [1.54, 1.807) is 37.5 Å². The van der Waals surface area contributed by atoms with Gasteiger partial charge in [0.15, 0.2) is 5.78 Å². The summed E-state index contributed by atoms with van der Waals surface area (Å²) in [4.78, 5) is 12.4. The van der Waals surface area contributed by atoms with Gasteiger partial charge in [0, 0.05) is 16.1 Å². The second kappa shape index (κ2) is 9.98. The fraction of sp³-hybridized carbons (Fsp3) is 0.0870. The number of carbonyl (C=O) groups excluding carboxylic acids is 1. The van der Waals surface area contributed by atoms with E-state index in [1.807, 2.05) is 6.07 Å². The molecule has 154 valence electrons. The third-order valence-electron chi connectivity index (χ3n) is 4.21. The maximum Gasteiger partial charge on any atom is 0.187 e. The second-order valence-corrected chi connectivity index (χ2v) is 7.51. The van der Waals surface area contributed by atoms with E-state index in [9.17, 15) is 9.18 Å². The van der Waals surface area contributed by atoms with E-state index in [1.165, 1.54) is 30.3 Å². The molecule has 0 aromatic heterocycles. The molecule has 0 radical (unpaired) electrons. The molecule has 0 heterocycles. The fourth-order valence-corrected chi connectivity index (χ4v) is 3.44. The van der Waals surface area contributed by atoms with Gasteiger partial charge in [-0.3, -0.25) is 4.79 Å². The maximum atomic E-state index is 13.2. The largest absolute Gasteiger partial charge is 0.496 e. The molecule has 3 rings (SSSR count). The standard InChI is InChI=1S/C23H16Cl3FO3/c1-29-22-8-3-14(2-7-21(28)18-6-4-16(24)11-19(18)25)10-15(22)13-30-23-9-5-17(27)12-20(23)26/h2-12H,13H2,1H3/b7-2+. The molecule has 0 aliphatic carbocycles. The van der Waals surface area contributed by atoms with Crippen LogP contribution in [0.5, 0.6) is 11.5 Å². The predicted octanol–water partition coefficient (Wildman–Crippen LogP) is 7.27. The van der Waals surface area contributed by atoms with E-state index in [4.69, 9.17) is 44.3 Å². The summed E-state index contributed by atoms with van der Waals surface area (Å²) in [6.45, 7) is 0.146. The molecule has 0 bridgehead atoms. The van der Waals surface area contributed by atoms with Gasteiger partial charge in [-0.25, -0.2) is 4.39 Å². The first-order valence-electron chi connectivity index (χ1n) is 8.79. The van der Waals surface area contributed by atoms with Crippen LogP contribution in [0.15, 0.2) is 60.7 Å². The number of allylic oxidation sites excluding steroid dienone is 1. The number of hydrogen-bond donors (Lipinski definition) is 0. The highest BCUT2D eigenvalue weighted by atomic mass is 35.5. The van der Waals surface area contributed by atoms with Gasteiger partial charge in [-0.1, -0.05) is 46.9 Å². The number of hydrogen-bond acceptors (Lipinski definition) is 3. The van der Waals surface area contributed by atoms with Crippen molar-refractivity contribution in [3.05, 3.63) is 98.2 Å². The van der Waals surface area contributed by atoms with Gasteiger partial charge in [-0.2, -0.15) is 0 Å². The van der Waals surface area contributed by atoms with Crippen LogP contribution in [0.4, 0.5) is 4.39 Å². The van der Waals surface area contributed by atoms with Crippen LogP contribution in [-0.4, -0.2) is 12.9 Å². The lowest BCUT2D eigenvalue weighted by Crippen LogP contribution is -2.00. The Kier molecular flexibility index (Phi) is 7.38. The Morgan fingerprint density at radius 1 is 0.967 bits per heavy atom. The van der Waals surface area contributed by atoms with Gasteiger partial charge in [-0.05, 0) is 60.2 Å². The zero-order valence-corrected chi connectivity index (χ0v) is 18.1. The van der Waals surface area contributed by atoms with E-state index in [0.29, 0.717) is 22.1 Å². The smallest absolute Gasteiger partial charge is 0.187 e. The summed E-state index contributed by atoms with van der Waals surface area (Å²) in [6.07, 6.45) is 3.10. The van der Waals surface area contributed by atoms with Crippen LogP contribution in [0.3, 0.4) is 0 Å². The van der Waals surface area contributed by atoms with E-state index in [0.717, 1.165) is 11.1 Å². The molecule has 30 heavy (non-hydrogen) atoms.